The molecule has 7 heteroatoms. The molecule has 0 N–H and O–H groups in total. The van der Waals surface area contributed by atoms with Gasteiger partial charge in [-0.05, 0) is 12.1 Å². The SMILES string of the molecule is COCOc1ccc([B-](F)(F)F)cc1.[K+]. The Morgan fingerprint density at radius 3 is 2.07 bits per heavy atom. The molecular weight excluding hydrogens is 235 g/mol. The van der Waals surface area contributed by atoms with Crippen molar-refractivity contribution in [2.75, 3.05) is 13.9 Å². The number of halogens is 3. The maximum atomic E-state index is 12.2. The van der Waals surface area contributed by atoms with Crippen LogP contribution in [0.25, 0.3) is 0 Å². The Morgan fingerprint density at radius 2 is 1.67 bits per heavy atom. The fourth-order valence-corrected chi connectivity index (χ4v) is 0.909. The Kier molecular flexibility index (Phi) is 7.14. The number of ether oxygens (including phenoxy) is 2. The zero-order valence-electron chi connectivity index (χ0n) is 8.54. The van der Waals surface area contributed by atoms with Crippen LogP contribution in [0.3, 0.4) is 0 Å². The van der Waals surface area contributed by atoms with E-state index in [1.54, 1.807) is 0 Å². The molecule has 0 aromatic heterocycles. The van der Waals surface area contributed by atoms with Gasteiger partial charge in [0, 0.05) is 7.11 Å². The van der Waals surface area contributed by atoms with Gasteiger partial charge >= 0.3 is 58.4 Å². The van der Waals surface area contributed by atoms with Gasteiger partial charge in [-0.3, -0.25) is 0 Å². The van der Waals surface area contributed by atoms with Crippen molar-refractivity contribution in [2.24, 2.45) is 0 Å². The number of methoxy groups -OCH3 is 1. The van der Waals surface area contributed by atoms with Crippen LogP contribution in [0.2, 0.25) is 0 Å². The molecule has 0 heterocycles. The third-order valence-corrected chi connectivity index (χ3v) is 1.60. The summed E-state index contributed by atoms with van der Waals surface area (Å²) in [7, 11) is 1.44. The van der Waals surface area contributed by atoms with Crippen LogP contribution in [0.15, 0.2) is 24.3 Å². The molecule has 0 atom stereocenters. The van der Waals surface area contributed by atoms with E-state index >= 15 is 0 Å². The van der Waals surface area contributed by atoms with Crippen LogP contribution in [0, 0.1) is 0 Å². The summed E-state index contributed by atoms with van der Waals surface area (Å²) in [6, 6.07) is 4.52. The van der Waals surface area contributed by atoms with Crippen molar-refractivity contribution in [3.63, 3.8) is 0 Å². The van der Waals surface area contributed by atoms with Gasteiger partial charge in [-0.1, -0.05) is 12.1 Å². The summed E-state index contributed by atoms with van der Waals surface area (Å²) in [5.41, 5.74) is -0.630. The van der Waals surface area contributed by atoms with Gasteiger partial charge in [-0.15, -0.1) is 5.46 Å². The first-order chi connectivity index (χ1) is 6.54. The van der Waals surface area contributed by atoms with E-state index in [1.165, 1.54) is 19.2 Å². The summed E-state index contributed by atoms with van der Waals surface area (Å²) in [6.07, 6.45) is 0. The van der Waals surface area contributed by atoms with Gasteiger partial charge in [-0.2, -0.15) is 0 Å². The van der Waals surface area contributed by atoms with Gasteiger partial charge in [0.2, 0.25) is 0 Å². The van der Waals surface area contributed by atoms with Crippen molar-refractivity contribution in [3.05, 3.63) is 24.3 Å². The van der Waals surface area contributed by atoms with Crippen LogP contribution in [-0.2, 0) is 4.74 Å². The van der Waals surface area contributed by atoms with Crippen LogP contribution in [0.1, 0.15) is 0 Å². The van der Waals surface area contributed by atoms with Gasteiger partial charge in [-0.25, -0.2) is 0 Å². The summed E-state index contributed by atoms with van der Waals surface area (Å²) in [5.74, 6) is 0.357. The Bertz CT molecular complexity index is 289. The topological polar surface area (TPSA) is 18.5 Å². The van der Waals surface area contributed by atoms with Gasteiger partial charge in [0.05, 0.1) is 0 Å². The van der Waals surface area contributed by atoms with Gasteiger partial charge in [0.1, 0.15) is 5.75 Å². The van der Waals surface area contributed by atoms with Crippen molar-refractivity contribution < 1.29 is 73.8 Å². The fourth-order valence-electron chi connectivity index (χ4n) is 0.909. The van der Waals surface area contributed by atoms with Crippen LogP contribution >= 0.6 is 0 Å². The van der Waals surface area contributed by atoms with E-state index in [0.29, 0.717) is 5.75 Å². The molecule has 1 aromatic carbocycles. The van der Waals surface area contributed by atoms with Gasteiger partial charge < -0.3 is 22.4 Å². The second kappa shape index (κ2) is 6.93. The molecule has 0 unspecified atom stereocenters. The molecule has 0 aliphatic carbocycles. The van der Waals surface area contributed by atoms with Crippen molar-refractivity contribution in [1.82, 2.24) is 0 Å². The molecule has 1 rings (SSSR count). The molecule has 0 saturated carbocycles. The number of hydrogen-bond donors (Lipinski definition) is 0. The van der Waals surface area contributed by atoms with E-state index in [-0.39, 0.29) is 58.2 Å². The van der Waals surface area contributed by atoms with E-state index in [1.807, 2.05) is 0 Å². The standard InChI is InChI=1S/C8H9BF3O2.K/c1-13-6-14-8-4-2-7(3-5-8)9(10,11)12;/h2-5H,6H2,1H3;/q-1;+1. The van der Waals surface area contributed by atoms with Gasteiger partial charge in [0.25, 0.3) is 0 Å². The number of benzene rings is 1. The van der Waals surface area contributed by atoms with Crippen LogP contribution in [0.5, 0.6) is 5.75 Å². The van der Waals surface area contributed by atoms with Gasteiger partial charge in [0.15, 0.2) is 6.79 Å². The van der Waals surface area contributed by atoms with Crippen LogP contribution in [0.4, 0.5) is 12.9 Å². The third kappa shape index (κ3) is 5.37. The van der Waals surface area contributed by atoms with Crippen LogP contribution < -0.4 is 61.6 Å². The summed E-state index contributed by atoms with van der Waals surface area (Å²) >= 11 is 0. The first-order valence-corrected chi connectivity index (χ1v) is 3.95. The largest absolute Gasteiger partial charge is 1.00 e. The molecule has 0 radical (unpaired) electrons. The molecule has 1 aromatic rings. The molecule has 0 aliphatic heterocycles. The molecule has 2 nitrogen and oxygen atoms in total. The first kappa shape index (κ1) is 15.5. The molecular formula is C8H9BF3KO2. The second-order valence-corrected chi connectivity index (χ2v) is 2.69. The monoisotopic (exact) mass is 244 g/mol. The van der Waals surface area contributed by atoms with E-state index in [4.69, 9.17) is 4.74 Å². The van der Waals surface area contributed by atoms with E-state index in [9.17, 15) is 12.9 Å². The minimum atomic E-state index is -4.92. The summed E-state index contributed by atoms with van der Waals surface area (Å²) in [5, 5.41) is 0. The second-order valence-electron chi connectivity index (χ2n) is 2.69. The Morgan fingerprint density at radius 1 is 1.13 bits per heavy atom. The number of rotatable bonds is 4. The average Bonchev–Trinajstić information content (AvgIpc) is 2.14. The fraction of sp³-hybridized carbons (Fsp3) is 0.250. The van der Waals surface area contributed by atoms with Crippen molar-refractivity contribution in [2.45, 2.75) is 0 Å². The molecule has 78 valence electrons. The number of hydrogen-bond acceptors (Lipinski definition) is 2. The zero-order chi connectivity index (χ0) is 10.6. The Labute approximate surface area is 129 Å². The molecule has 15 heavy (non-hydrogen) atoms. The molecule has 0 spiro atoms. The van der Waals surface area contributed by atoms with Crippen LogP contribution in [-0.4, -0.2) is 20.9 Å². The minimum Gasteiger partial charge on any atom is -0.468 e. The maximum absolute atomic E-state index is 12.2. The van der Waals surface area contributed by atoms with Crippen molar-refractivity contribution in [3.8, 4) is 5.75 Å². The summed E-state index contributed by atoms with van der Waals surface area (Å²) < 4.78 is 46.0. The average molecular weight is 244 g/mol. The molecule has 0 amide bonds. The third-order valence-electron chi connectivity index (χ3n) is 1.60. The zero-order valence-corrected chi connectivity index (χ0v) is 11.7. The normalized spacial score (nSPS) is 10.7. The van der Waals surface area contributed by atoms with E-state index < -0.39 is 12.4 Å². The molecule has 0 bridgehead atoms. The van der Waals surface area contributed by atoms with E-state index in [2.05, 4.69) is 4.74 Å². The molecule has 0 saturated heterocycles. The predicted molar refractivity (Wildman–Crippen MR) is 47.7 cm³/mol. The Hall–Kier alpha value is 0.471. The minimum absolute atomic E-state index is 0. The van der Waals surface area contributed by atoms with Crippen molar-refractivity contribution in [1.29, 1.82) is 0 Å². The Balaban J connectivity index is 0.00000196. The molecule has 0 fully saturated rings. The summed E-state index contributed by atoms with van der Waals surface area (Å²) in [6.45, 7) is -4.90. The first-order valence-electron chi connectivity index (χ1n) is 3.95. The van der Waals surface area contributed by atoms with Crippen molar-refractivity contribution >= 4 is 12.4 Å². The smallest absolute Gasteiger partial charge is 0.468 e. The predicted octanol–water partition coefficient (Wildman–Crippen LogP) is -1.27. The molecule has 0 aliphatic rings. The summed E-state index contributed by atoms with van der Waals surface area (Å²) in [4.78, 5) is 0. The quantitative estimate of drug-likeness (QED) is 0.485. The maximum Gasteiger partial charge on any atom is 1.00 e. The van der Waals surface area contributed by atoms with E-state index in [0.717, 1.165) is 12.1 Å².